The lowest BCUT2D eigenvalue weighted by atomic mass is 10.1. The molecule has 1 fully saturated rings. The van der Waals surface area contributed by atoms with Crippen LogP contribution in [0.1, 0.15) is 27.7 Å². The van der Waals surface area contributed by atoms with E-state index in [1.54, 1.807) is 4.90 Å². The SMILES string of the molecule is CC(=O)Nc1cc(NC(=O)N2CC(C)OC(C)(C)C2)ccc1F. The zero-order valence-electron chi connectivity index (χ0n) is 13.8. The van der Waals surface area contributed by atoms with Gasteiger partial charge in [0.1, 0.15) is 5.82 Å². The molecule has 0 spiro atoms. The fourth-order valence-corrected chi connectivity index (χ4v) is 2.70. The quantitative estimate of drug-likeness (QED) is 0.879. The van der Waals surface area contributed by atoms with Crippen LogP contribution >= 0.6 is 0 Å². The van der Waals surface area contributed by atoms with Crippen LogP contribution in [0.3, 0.4) is 0 Å². The molecule has 1 aromatic rings. The van der Waals surface area contributed by atoms with Crippen LogP contribution in [0, 0.1) is 5.82 Å². The molecule has 1 heterocycles. The van der Waals surface area contributed by atoms with Crippen LogP contribution in [0.4, 0.5) is 20.6 Å². The van der Waals surface area contributed by atoms with E-state index < -0.39 is 11.4 Å². The van der Waals surface area contributed by atoms with Crippen LogP contribution in [-0.4, -0.2) is 41.6 Å². The highest BCUT2D eigenvalue weighted by Crippen LogP contribution is 2.23. The third-order valence-electron chi connectivity index (χ3n) is 3.38. The predicted molar refractivity (Wildman–Crippen MR) is 85.9 cm³/mol. The van der Waals surface area contributed by atoms with Crippen LogP contribution in [0.5, 0.6) is 0 Å². The molecule has 0 saturated carbocycles. The molecule has 7 heteroatoms. The zero-order chi connectivity index (χ0) is 17.2. The number of carbonyl (C=O) groups is 2. The number of anilines is 2. The first-order valence-electron chi connectivity index (χ1n) is 7.47. The van der Waals surface area contributed by atoms with Crippen LogP contribution in [0.2, 0.25) is 0 Å². The van der Waals surface area contributed by atoms with E-state index in [4.69, 9.17) is 4.74 Å². The van der Waals surface area contributed by atoms with Gasteiger partial charge in [-0.15, -0.1) is 0 Å². The van der Waals surface area contributed by atoms with Crippen molar-refractivity contribution in [3.63, 3.8) is 0 Å². The molecular formula is C16H22FN3O3. The molecule has 1 atom stereocenters. The zero-order valence-corrected chi connectivity index (χ0v) is 13.8. The maximum atomic E-state index is 13.6. The first-order valence-corrected chi connectivity index (χ1v) is 7.47. The van der Waals surface area contributed by atoms with Crippen molar-refractivity contribution in [2.45, 2.75) is 39.4 Å². The van der Waals surface area contributed by atoms with Gasteiger partial charge in [-0.1, -0.05) is 0 Å². The Kier molecular flexibility index (Phi) is 4.89. The van der Waals surface area contributed by atoms with E-state index in [9.17, 15) is 14.0 Å². The lowest BCUT2D eigenvalue weighted by Gasteiger charge is -2.41. The van der Waals surface area contributed by atoms with Crippen molar-refractivity contribution < 1.29 is 18.7 Å². The second kappa shape index (κ2) is 6.54. The summed E-state index contributed by atoms with van der Waals surface area (Å²) in [5, 5.41) is 5.11. The molecule has 2 N–H and O–H groups in total. The molecule has 23 heavy (non-hydrogen) atoms. The van der Waals surface area contributed by atoms with Gasteiger partial charge in [-0.2, -0.15) is 0 Å². The normalized spacial score (nSPS) is 20.0. The van der Waals surface area contributed by atoms with Crippen molar-refractivity contribution in [1.82, 2.24) is 4.90 Å². The third-order valence-corrected chi connectivity index (χ3v) is 3.38. The number of benzene rings is 1. The Balaban J connectivity index is 2.09. The number of hydrogen-bond acceptors (Lipinski definition) is 3. The van der Waals surface area contributed by atoms with Crippen molar-refractivity contribution in [3.8, 4) is 0 Å². The summed E-state index contributed by atoms with van der Waals surface area (Å²) < 4.78 is 19.4. The monoisotopic (exact) mass is 323 g/mol. The number of rotatable bonds is 2. The molecule has 2 rings (SSSR count). The van der Waals surface area contributed by atoms with Gasteiger partial charge in [0, 0.05) is 19.2 Å². The summed E-state index contributed by atoms with van der Waals surface area (Å²) >= 11 is 0. The molecule has 1 saturated heterocycles. The summed E-state index contributed by atoms with van der Waals surface area (Å²) in [5.74, 6) is -0.935. The maximum absolute atomic E-state index is 13.6. The fourth-order valence-electron chi connectivity index (χ4n) is 2.70. The van der Waals surface area contributed by atoms with E-state index in [1.165, 1.54) is 25.1 Å². The van der Waals surface area contributed by atoms with E-state index in [0.717, 1.165) is 0 Å². The topological polar surface area (TPSA) is 70.7 Å². The Bertz CT molecular complexity index is 619. The van der Waals surface area contributed by atoms with Gasteiger partial charge in [-0.05, 0) is 39.0 Å². The van der Waals surface area contributed by atoms with E-state index >= 15 is 0 Å². The Labute approximate surface area is 135 Å². The van der Waals surface area contributed by atoms with E-state index in [1.807, 2.05) is 20.8 Å². The third kappa shape index (κ3) is 4.66. The molecule has 1 unspecified atom stereocenters. The second-order valence-electron chi connectivity index (χ2n) is 6.37. The van der Waals surface area contributed by atoms with Crippen LogP contribution < -0.4 is 10.6 Å². The van der Waals surface area contributed by atoms with Crippen molar-refractivity contribution in [1.29, 1.82) is 0 Å². The first kappa shape index (κ1) is 17.2. The average Bonchev–Trinajstić information content (AvgIpc) is 2.39. The Morgan fingerprint density at radius 3 is 2.65 bits per heavy atom. The lowest BCUT2D eigenvalue weighted by molar-refractivity contribution is -0.116. The molecule has 1 aliphatic rings. The van der Waals surface area contributed by atoms with Gasteiger partial charge in [-0.25, -0.2) is 9.18 Å². The smallest absolute Gasteiger partial charge is 0.322 e. The molecule has 0 aliphatic carbocycles. The van der Waals surface area contributed by atoms with Crippen molar-refractivity contribution in [2.24, 2.45) is 0 Å². The molecule has 1 aromatic carbocycles. The number of urea groups is 1. The summed E-state index contributed by atoms with van der Waals surface area (Å²) in [6, 6.07) is 3.76. The number of ether oxygens (including phenoxy) is 1. The number of carbonyl (C=O) groups excluding carboxylic acids is 2. The summed E-state index contributed by atoms with van der Waals surface area (Å²) in [6.45, 7) is 8.00. The van der Waals surface area contributed by atoms with Crippen molar-refractivity contribution in [3.05, 3.63) is 24.0 Å². The van der Waals surface area contributed by atoms with Gasteiger partial charge in [0.25, 0.3) is 0 Å². The fraction of sp³-hybridized carbons (Fsp3) is 0.500. The van der Waals surface area contributed by atoms with Crippen LogP contribution in [0.25, 0.3) is 0 Å². The molecule has 126 valence electrons. The van der Waals surface area contributed by atoms with E-state index in [0.29, 0.717) is 18.8 Å². The molecule has 6 nitrogen and oxygen atoms in total. The van der Waals surface area contributed by atoms with Gasteiger partial charge in [0.2, 0.25) is 5.91 Å². The Morgan fingerprint density at radius 1 is 1.35 bits per heavy atom. The summed E-state index contributed by atoms with van der Waals surface area (Å²) in [5.41, 5.74) is 0.0298. The largest absolute Gasteiger partial charge is 0.369 e. The molecular weight excluding hydrogens is 301 g/mol. The van der Waals surface area contributed by atoms with Gasteiger partial charge < -0.3 is 20.3 Å². The average molecular weight is 323 g/mol. The highest BCUT2D eigenvalue weighted by molar-refractivity contribution is 5.92. The van der Waals surface area contributed by atoms with E-state index in [-0.39, 0.29) is 23.7 Å². The van der Waals surface area contributed by atoms with Gasteiger partial charge in [0.05, 0.1) is 23.9 Å². The number of hydrogen-bond donors (Lipinski definition) is 2. The highest BCUT2D eigenvalue weighted by Gasteiger charge is 2.33. The number of halogens is 1. The second-order valence-corrected chi connectivity index (χ2v) is 6.37. The van der Waals surface area contributed by atoms with Crippen molar-refractivity contribution in [2.75, 3.05) is 23.7 Å². The van der Waals surface area contributed by atoms with Crippen LogP contribution in [0.15, 0.2) is 18.2 Å². The highest BCUT2D eigenvalue weighted by atomic mass is 19.1. The first-order chi connectivity index (χ1) is 10.7. The number of amides is 3. The lowest BCUT2D eigenvalue weighted by Crippen LogP contribution is -2.54. The van der Waals surface area contributed by atoms with Gasteiger partial charge in [-0.3, -0.25) is 4.79 Å². The van der Waals surface area contributed by atoms with Gasteiger partial charge in [0.15, 0.2) is 0 Å². The summed E-state index contributed by atoms with van der Waals surface area (Å²) in [6.07, 6.45) is -0.0624. The maximum Gasteiger partial charge on any atom is 0.322 e. The summed E-state index contributed by atoms with van der Waals surface area (Å²) in [4.78, 5) is 25.1. The standard InChI is InChI=1S/C16H22FN3O3/c1-10-8-20(9-16(3,4)23-10)15(22)19-12-5-6-13(17)14(7-12)18-11(2)21/h5-7,10H,8-9H2,1-4H3,(H,18,21)(H,19,22). The number of morpholine rings is 1. The molecule has 0 bridgehead atoms. The number of nitrogens with zero attached hydrogens (tertiary/aromatic N) is 1. The Hall–Kier alpha value is -2.15. The molecule has 3 amide bonds. The van der Waals surface area contributed by atoms with Crippen LogP contribution in [-0.2, 0) is 9.53 Å². The predicted octanol–water partition coefficient (Wildman–Crippen LogP) is 2.82. The van der Waals surface area contributed by atoms with E-state index in [2.05, 4.69) is 10.6 Å². The molecule has 0 radical (unpaired) electrons. The number of nitrogens with one attached hydrogen (secondary N) is 2. The van der Waals surface area contributed by atoms with Crippen molar-refractivity contribution >= 4 is 23.3 Å². The minimum absolute atomic E-state index is 0.0333. The summed E-state index contributed by atoms with van der Waals surface area (Å²) in [7, 11) is 0. The van der Waals surface area contributed by atoms with Gasteiger partial charge >= 0.3 is 6.03 Å². The minimum Gasteiger partial charge on any atom is -0.369 e. The minimum atomic E-state index is -0.556. The Morgan fingerprint density at radius 2 is 2.04 bits per heavy atom. The molecule has 0 aromatic heterocycles. The molecule has 1 aliphatic heterocycles.